The van der Waals surface area contributed by atoms with Crippen molar-refractivity contribution < 1.29 is 31.5 Å². The average molecular weight is 565 g/mol. The second-order valence-electron chi connectivity index (χ2n) is 9.70. The predicted molar refractivity (Wildman–Crippen MR) is 137 cm³/mol. The lowest BCUT2D eigenvalue weighted by atomic mass is 9.78. The standard InChI is InChI=1S/C27H25ClF4N4O3/c1-27(26(37)33-13-17-14-35(2)9-10-38-17)24(22-7-8-23(28)39-22)25(18-5-3-15(29)11-19(18)31)34-36(27)21-6-4-16(30)12-20(21)32/h3-8,11-12,17,24H,9-10,13-14H2,1-2H3,(H,33,37)/t17-,24+,27?/m0/s1. The maximum Gasteiger partial charge on any atom is 0.249 e. The third-order valence-corrected chi connectivity index (χ3v) is 7.20. The third kappa shape index (κ3) is 5.13. The molecule has 0 aliphatic carbocycles. The molecule has 39 heavy (non-hydrogen) atoms. The number of anilines is 1. The summed E-state index contributed by atoms with van der Waals surface area (Å²) in [7, 11) is 1.93. The molecule has 0 spiro atoms. The number of carbonyl (C=O) groups is 1. The van der Waals surface area contributed by atoms with Crippen LogP contribution in [0.2, 0.25) is 5.22 Å². The van der Waals surface area contributed by atoms with Crippen LogP contribution in [0.25, 0.3) is 0 Å². The number of nitrogens with one attached hydrogen (secondary N) is 1. The van der Waals surface area contributed by atoms with E-state index in [9.17, 15) is 13.6 Å². The van der Waals surface area contributed by atoms with Crippen molar-refractivity contribution in [3.05, 3.63) is 88.3 Å². The molecule has 12 heteroatoms. The zero-order valence-electron chi connectivity index (χ0n) is 21.1. The number of morpholine rings is 1. The molecule has 2 aliphatic heterocycles. The van der Waals surface area contributed by atoms with Crippen LogP contribution in [0.15, 0.2) is 58.0 Å². The van der Waals surface area contributed by atoms with Crippen LogP contribution in [-0.4, -0.2) is 61.5 Å². The molecule has 1 saturated heterocycles. The van der Waals surface area contributed by atoms with E-state index in [-0.39, 0.29) is 40.6 Å². The van der Waals surface area contributed by atoms with Crippen LogP contribution >= 0.6 is 11.6 Å². The number of furan rings is 1. The quantitative estimate of drug-likeness (QED) is 0.440. The van der Waals surface area contributed by atoms with Gasteiger partial charge in [0.15, 0.2) is 16.6 Å². The van der Waals surface area contributed by atoms with Gasteiger partial charge in [-0.2, -0.15) is 5.10 Å². The number of hydrazone groups is 1. The molecule has 2 aromatic carbocycles. The molecule has 1 amide bonds. The molecule has 206 valence electrons. The first-order valence-corrected chi connectivity index (χ1v) is 12.6. The first-order chi connectivity index (χ1) is 18.6. The monoisotopic (exact) mass is 564 g/mol. The SMILES string of the molecule is CN1CCO[C@@H](CNC(=O)C2(C)[C@H](c3ccc(Cl)o3)C(c3ccc(F)cc3F)=NN2c2ccc(F)cc2F)C1. The number of benzene rings is 2. The highest BCUT2D eigenvalue weighted by atomic mass is 35.5. The summed E-state index contributed by atoms with van der Waals surface area (Å²) in [6.45, 7) is 3.43. The van der Waals surface area contributed by atoms with Crippen LogP contribution in [0, 0.1) is 23.3 Å². The van der Waals surface area contributed by atoms with Crippen LogP contribution in [0.1, 0.15) is 24.2 Å². The van der Waals surface area contributed by atoms with Crippen LogP contribution in [0.3, 0.4) is 0 Å². The Morgan fingerprint density at radius 3 is 2.46 bits per heavy atom. The molecule has 0 radical (unpaired) electrons. The van der Waals surface area contributed by atoms with Crippen LogP contribution < -0.4 is 10.3 Å². The summed E-state index contributed by atoms with van der Waals surface area (Å²) in [6, 6.07) is 8.66. The number of likely N-dealkylation sites (N-methyl/N-ethyl adjacent to an activating group) is 1. The second kappa shape index (κ2) is 10.6. The topological polar surface area (TPSA) is 70.3 Å². The minimum atomic E-state index is -1.77. The summed E-state index contributed by atoms with van der Waals surface area (Å²) < 4.78 is 69.3. The summed E-state index contributed by atoms with van der Waals surface area (Å²) in [5.74, 6) is -5.19. The number of amides is 1. The number of ether oxygens (including phenoxy) is 1. The van der Waals surface area contributed by atoms with Crippen molar-refractivity contribution >= 4 is 28.9 Å². The largest absolute Gasteiger partial charge is 0.449 e. The molecule has 3 heterocycles. The summed E-state index contributed by atoms with van der Waals surface area (Å²) in [6.07, 6.45) is -0.305. The van der Waals surface area contributed by atoms with Crippen LogP contribution in [0.4, 0.5) is 23.2 Å². The van der Waals surface area contributed by atoms with Gasteiger partial charge in [0.2, 0.25) is 5.91 Å². The van der Waals surface area contributed by atoms with Crippen molar-refractivity contribution in [1.29, 1.82) is 0 Å². The lowest BCUT2D eigenvalue weighted by Gasteiger charge is -2.37. The van der Waals surface area contributed by atoms with E-state index >= 15 is 8.78 Å². The number of hydrogen-bond donors (Lipinski definition) is 1. The Balaban J connectivity index is 1.63. The summed E-state index contributed by atoms with van der Waals surface area (Å²) >= 11 is 6.06. The van der Waals surface area contributed by atoms with Crippen LogP contribution in [-0.2, 0) is 9.53 Å². The Morgan fingerprint density at radius 1 is 1.10 bits per heavy atom. The fraction of sp³-hybridized carbons (Fsp3) is 0.333. The lowest BCUT2D eigenvalue weighted by molar-refractivity contribution is -0.127. The summed E-state index contributed by atoms with van der Waals surface area (Å²) in [5.41, 5.74) is -2.16. The fourth-order valence-electron chi connectivity index (χ4n) is 5.02. The lowest BCUT2D eigenvalue weighted by Crippen LogP contribution is -2.58. The highest BCUT2D eigenvalue weighted by Gasteiger charge is 2.57. The second-order valence-corrected chi connectivity index (χ2v) is 10.1. The normalized spacial score (nSPS) is 23.7. The van der Waals surface area contributed by atoms with Gasteiger partial charge in [0.1, 0.15) is 23.2 Å². The van der Waals surface area contributed by atoms with Crippen molar-refractivity contribution in [3.8, 4) is 0 Å². The van der Waals surface area contributed by atoms with E-state index in [1.165, 1.54) is 25.1 Å². The van der Waals surface area contributed by atoms with E-state index in [4.69, 9.17) is 20.8 Å². The minimum Gasteiger partial charge on any atom is -0.449 e. The number of halogens is 5. The van der Waals surface area contributed by atoms with Crippen LogP contribution in [0.5, 0.6) is 0 Å². The average Bonchev–Trinajstić information content (AvgIpc) is 3.43. The molecule has 1 fully saturated rings. The molecule has 0 saturated carbocycles. The summed E-state index contributed by atoms with van der Waals surface area (Å²) in [5, 5.41) is 8.41. The van der Waals surface area contributed by atoms with Gasteiger partial charge >= 0.3 is 0 Å². The first-order valence-electron chi connectivity index (χ1n) is 12.2. The van der Waals surface area contributed by atoms with Crippen molar-refractivity contribution in [2.45, 2.75) is 24.5 Å². The molecule has 0 bridgehead atoms. The van der Waals surface area contributed by atoms with Gasteiger partial charge < -0.3 is 19.4 Å². The van der Waals surface area contributed by atoms with Gasteiger partial charge in [0, 0.05) is 37.3 Å². The van der Waals surface area contributed by atoms with Gasteiger partial charge in [-0.3, -0.25) is 4.79 Å². The van der Waals surface area contributed by atoms with Gasteiger partial charge in [-0.05, 0) is 62.0 Å². The number of hydrogen-bond acceptors (Lipinski definition) is 6. The Hall–Kier alpha value is -3.41. The number of rotatable bonds is 6. The molecule has 5 rings (SSSR count). The van der Waals surface area contributed by atoms with E-state index in [2.05, 4.69) is 15.3 Å². The molecule has 1 unspecified atom stereocenters. The Morgan fingerprint density at radius 2 is 1.82 bits per heavy atom. The molecule has 3 aromatic rings. The number of nitrogens with zero attached hydrogens (tertiary/aromatic N) is 3. The van der Waals surface area contributed by atoms with E-state index in [1.54, 1.807) is 0 Å². The zero-order valence-corrected chi connectivity index (χ0v) is 21.8. The van der Waals surface area contributed by atoms with E-state index in [0.717, 1.165) is 29.8 Å². The molecule has 7 nitrogen and oxygen atoms in total. The van der Waals surface area contributed by atoms with Crippen molar-refractivity contribution in [3.63, 3.8) is 0 Å². The molecular formula is C27H25ClF4N4O3. The van der Waals surface area contributed by atoms with Crippen molar-refractivity contribution in [2.75, 3.05) is 38.3 Å². The Kier molecular flexibility index (Phi) is 7.41. The Bertz CT molecular complexity index is 1430. The highest BCUT2D eigenvalue weighted by molar-refractivity contribution is 6.28. The molecule has 2 aliphatic rings. The van der Waals surface area contributed by atoms with Gasteiger partial charge in [0.25, 0.3) is 0 Å². The smallest absolute Gasteiger partial charge is 0.249 e. The van der Waals surface area contributed by atoms with E-state index < -0.39 is 40.6 Å². The highest BCUT2D eigenvalue weighted by Crippen LogP contribution is 2.46. The fourth-order valence-corrected chi connectivity index (χ4v) is 5.17. The third-order valence-electron chi connectivity index (χ3n) is 7.00. The molecule has 3 atom stereocenters. The zero-order chi connectivity index (χ0) is 27.9. The maximum absolute atomic E-state index is 15.1. The van der Waals surface area contributed by atoms with E-state index in [1.807, 2.05) is 7.05 Å². The first kappa shape index (κ1) is 27.2. The van der Waals surface area contributed by atoms with Crippen molar-refractivity contribution in [1.82, 2.24) is 10.2 Å². The van der Waals surface area contributed by atoms with Crippen molar-refractivity contribution in [2.24, 2.45) is 5.10 Å². The van der Waals surface area contributed by atoms with Gasteiger partial charge in [-0.25, -0.2) is 22.6 Å². The minimum absolute atomic E-state index is 0.00302. The predicted octanol–water partition coefficient (Wildman–Crippen LogP) is 4.70. The van der Waals surface area contributed by atoms with E-state index in [0.29, 0.717) is 25.3 Å². The van der Waals surface area contributed by atoms with Gasteiger partial charge in [-0.15, -0.1) is 0 Å². The number of carbonyl (C=O) groups excluding carboxylic acids is 1. The Labute approximate surface area is 227 Å². The molecule has 1 aromatic heterocycles. The molecule has 1 N–H and O–H groups in total. The molecular weight excluding hydrogens is 540 g/mol. The maximum atomic E-state index is 15.1. The van der Waals surface area contributed by atoms with Gasteiger partial charge in [0.05, 0.1) is 30.0 Å². The van der Waals surface area contributed by atoms with Gasteiger partial charge in [-0.1, -0.05) is 0 Å². The summed E-state index contributed by atoms with van der Waals surface area (Å²) in [4.78, 5) is 16.1.